The largest absolute Gasteiger partial charge is 0.488 e. The number of anilines is 1. The molecule has 7 heteroatoms. The molecule has 0 aliphatic carbocycles. The Morgan fingerprint density at radius 2 is 1.67 bits per heavy atom. The Labute approximate surface area is 179 Å². The number of rotatable bonds is 6. The summed E-state index contributed by atoms with van der Waals surface area (Å²) in [6.07, 6.45) is 1.42. The molecule has 0 saturated carbocycles. The van der Waals surface area contributed by atoms with Crippen LogP contribution in [-0.4, -0.2) is 18.0 Å². The number of ether oxygens (including phenoxy) is 1. The molecule has 0 bridgehead atoms. The van der Waals surface area contributed by atoms with Gasteiger partial charge in [0.1, 0.15) is 12.4 Å². The summed E-state index contributed by atoms with van der Waals surface area (Å²) in [5.74, 6) is -1.11. The van der Waals surface area contributed by atoms with Gasteiger partial charge in [0.05, 0.1) is 6.21 Å². The second-order valence-corrected chi connectivity index (χ2v) is 6.84. The van der Waals surface area contributed by atoms with Crippen LogP contribution in [0.1, 0.15) is 16.7 Å². The molecule has 3 rings (SSSR count). The molecule has 0 radical (unpaired) electrons. The van der Waals surface area contributed by atoms with E-state index in [-0.39, 0.29) is 6.61 Å². The predicted octanol–water partition coefficient (Wildman–Crippen LogP) is 4.32. The van der Waals surface area contributed by atoms with Gasteiger partial charge in [-0.15, -0.1) is 0 Å². The first-order valence-corrected chi connectivity index (χ1v) is 9.57. The van der Waals surface area contributed by atoms with Crippen LogP contribution in [0, 0.1) is 6.92 Å². The molecule has 0 aliphatic rings. The van der Waals surface area contributed by atoms with Crippen molar-refractivity contribution in [2.24, 2.45) is 5.10 Å². The van der Waals surface area contributed by atoms with Gasteiger partial charge in [-0.25, -0.2) is 5.43 Å². The van der Waals surface area contributed by atoms with Crippen molar-refractivity contribution in [3.63, 3.8) is 0 Å². The van der Waals surface area contributed by atoms with Gasteiger partial charge in [0, 0.05) is 21.8 Å². The van der Waals surface area contributed by atoms with Crippen LogP contribution in [-0.2, 0) is 16.2 Å². The molecule has 152 valence electrons. The van der Waals surface area contributed by atoms with Crippen LogP contribution < -0.4 is 15.5 Å². The molecule has 0 heterocycles. The molecular weight excluding hydrogens is 402 g/mol. The second-order valence-electron chi connectivity index (χ2n) is 6.44. The normalized spacial score (nSPS) is 10.6. The van der Waals surface area contributed by atoms with Crippen molar-refractivity contribution in [1.82, 2.24) is 5.43 Å². The van der Waals surface area contributed by atoms with E-state index in [0.29, 0.717) is 22.0 Å². The number of amides is 2. The number of hydrazone groups is 1. The molecule has 0 aromatic heterocycles. The summed E-state index contributed by atoms with van der Waals surface area (Å²) in [6, 6.07) is 21.7. The van der Waals surface area contributed by atoms with Crippen molar-refractivity contribution >= 4 is 35.3 Å². The van der Waals surface area contributed by atoms with E-state index in [0.717, 1.165) is 11.1 Å². The highest BCUT2D eigenvalue weighted by Crippen LogP contribution is 2.20. The van der Waals surface area contributed by atoms with Crippen LogP contribution in [0.5, 0.6) is 5.75 Å². The lowest BCUT2D eigenvalue weighted by Crippen LogP contribution is -2.32. The molecule has 3 aromatic rings. The average Bonchev–Trinajstić information content (AvgIpc) is 2.75. The molecule has 30 heavy (non-hydrogen) atoms. The van der Waals surface area contributed by atoms with E-state index in [9.17, 15) is 9.59 Å². The highest BCUT2D eigenvalue weighted by atomic mass is 35.5. The van der Waals surface area contributed by atoms with Crippen LogP contribution in [0.2, 0.25) is 5.02 Å². The summed E-state index contributed by atoms with van der Waals surface area (Å²) in [7, 11) is 0. The summed E-state index contributed by atoms with van der Waals surface area (Å²) in [5, 5.41) is 6.99. The summed E-state index contributed by atoms with van der Waals surface area (Å²) in [4.78, 5) is 23.9. The predicted molar refractivity (Wildman–Crippen MR) is 118 cm³/mol. The first-order chi connectivity index (χ1) is 14.5. The SMILES string of the molecule is Cc1ccc(NC(=O)C(=O)N/N=C\c2ccccc2OCc2ccccc2Cl)cc1. The minimum absolute atomic E-state index is 0.288. The minimum Gasteiger partial charge on any atom is -0.488 e. The topological polar surface area (TPSA) is 79.8 Å². The average molecular weight is 422 g/mol. The maximum Gasteiger partial charge on any atom is 0.329 e. The van der Waals surface area contributed by atoms with Crippen molar-refractivity contribution in [1.29, 1.82) is 0 Å². The molecule has 3 aromatic carbocycles. The van der Waals surface area contributed by atoms with E-state index in [1.54, 1.807) is 30.3 Å². The molecule has 0 saturated heterocycles. The zero-order valence-electron chi connectivity index (χ0n) is 16.3. The molecule has 6 nitrogen and oxygen atoms in total. The summed E-state index contributed by atoms with van der Waals surface area (Å²) >= 11 is 6.15. The fourth-order valence-corrected chi connectivity index (χ4v) is 2.72. The molecular formula is C23H20ClN3O3. The second kappa shape index (κ2) is 10.2. The van der Waals surface area contributed by atoms with Gasteiger partial charge in [-0.3, -0.25) is 9.59 Å². The Morgan fingerprint density at radius 3 is 2.43 bits per heavy atom. The fourth-order valence-electron chi connectivity index (χ4n) is 2.53. The Kier molecular flexibility index (Phi) is 7.19. The first-order valence-electron chi connectivity index (χ1n) is 9.19. The van der Waals surface area contributed by atoms with E-state index in [2.05, 4.69) is 15.8 Å². The molecule has 0 aliphatic heterocycles. The van der Waals surface area contributed by atoms with Crippen molar-refractivity contribution in [3.05, 3.63) is 94.5 Å². The molecule has 2 amide bonds. The van der Waals surface area contributed by atoms with Gasteiger partial charge in [-0.05, 0) is 37.3 Å². The van der Waals surface area contributed by atoms with E-state index >= 15 is 0 Å². The summed E-state index contributed by atoms with van der Waals surface area (Å²) in [6.45, 7) is 2.22. The lowest BCUT2D eigenvalue weighted by Gasteiger charge is -2.10. The zero-order valence-corrected chi connectivity index (χ0v) is 17.0. The lowest BCUT2D eigenvalue weighted by molar-refractivity contribution is -0.136. The number of para-hydroxylation sites is 1. The zero-order chi connectivity index (χ0) is 21.3. The molecule has 0 unspecified atom stereocenters. The van der Waals surface area contributed by atoms with Gasteiger partial charge in [0.2, 0.25) is 0 Å². The third-order valence-electron chi connectivity index (χ3n) is 4.15. The van der Waals surface area contributed by atoms with E-state index in [4.69, 9.17) is 16.3 Å². The van der Waals surface area contributed by atoms with Gasteiger partial charge >= 0.3 is 11.8 Å². The quantitative estimate of drug-likeness (QED) is 0.353. The maximum absolute atomic E-state index is 12.0. The number of nitrogens with one attached hydrogen (secondary N) is 2. The van der Waals surface area contributed by atoms with Gasteiger partial charge < -0.3 is 10.1 Å². The smallest absolute Gasteiger partial charge is 0.329 e. The number of hydrogen-bond donors (Lipinski definition) is 2. The van der Waals surface area contributed by atoms with Gasteiger partial charge in [-0.1, -0.05) is 59.6 Å². The molecule has 0 fully saturated rings. The van der Waals surface area contributed by atoms with E-state index in [1.165, 1.54) is 6.21 Å². The highest BCUT2D eigenvalue weighted by molar-refractivity contribution is 6.39. The Balaban J connectivity index is 1.58. The monoisotopic (exact) mass is 421 g/mol. The van der Waals surface area contributed by atoms with Crippen molar-refractivity contribution in [2.45, 2.75) is 13.5 Å². The van der Waals surface area contributed by atoms with Gasteiger partial charge in [-0.2, -0.15) is 5.10 Å². The van der Waals surface area contributed by atoms with Gasteiger partial charge in [0.15, 0.2) is 0 Å². The van der Waals surface area contributed by atoms with Crippen LogP contribution in [0.3, 0.4) is 0 Å². The molecule has 0 spiro atoms. The molecule has 0 atom stereocenters. The minimum atomic E-state index is -0.874. The van der Waals surface area contributed by atoms with Crippen LogP contribution in [0.15, 0.2) is 77.9 Å². The van der Waals surface area contributed by atoms with E-state index < -0.39 is 11.8 Å². The standard InChI is InChI=1S/C23H20ClN3O3/c1-16-10-12-19(13-11-16)26-22(28)23(29)27-25-14-17-6-3-5-9-21(17)30-15-18-7-2-4-8-20(18)24/h2-14H,15H2,1H3,(H,26,28)(H,27,29)/b25-14-. The maximum atomic E-state index is 12.0. The Morgan fingerprint density at radius 1 is 0.967 bits per heavy atom. The molecule has 2 N–H and O–H groups in total. The fraction of sp³-hybridized carbons (Fsp3) is 0.0870. The summed E-state index contributed by atoms with van der Waals surface area (Å²) < 4.78 is 5.83. The van der Waals surface area contributed by atoms with Crippen molar-refractivity contribution in [2.75, 3.05) is 5.32 Å². The first kappa shape index (κ1) is 21.1. The lowest BCUT2D eigenvalue weighted by atomic mass is 10.2. The number of nitrogens with zero attached hydrogens (tertiary/aromatic N) is 1. The van der Waals surface area contributed by atoms with Crippen LogP contribution in [0.4, 0.5) is 5.69 Å². The number of hydrogen-bond acceptors (Lipinski definition) is 4. The number of halogens is 1. The summed E-state index contributed by atoms with van der Waals surface area (Å²) in [5.41, 5.74) is 5.29. The van der Waals surface area contributed by atoms with Crippen molar-refractivity contribution < 1.29 is 14.3 Å². The third kappa shape index (κ3) is 5.93. The van der Waals surface area contributed by atoms with Crippen LogP contribution >= 0.6 is 11.6 Å². The van der Waals surface area contributed by atoms with Gasteiger partial charge in [0.25, 0.3) is 0 Å². The Hall–Kier alpha value is -3.64. The van der Waals surface area contributed by atoms with Crippen LogP contribution in [0.25, 0.3) is 0 Å². The number of benzene rings is 3. The number of carbonyl (C=O) groups is 2. The van der Waals surface area contributed by atoms with E-state index in [1.807, 2.05) is 49.4 Å². The van der Waals surface area contributed by atoms with Crippen molar-refractivity contribution in [3.8, 4) is 5.75 Å². The number of carbonyl (C=O) groups excluding carboxylic acids is 2. The number of aryl methyl sites for hydroxylation is 1. The Bertz CT molecular complexity index is 1070. The third-order valence-corrected chi connectivity index (χ3v) is 4.51. The highest BCUT2D eigenvalue weighted by Gasteiger charge is 2.12.